The molecule has 1 amide bonds. The molecule has 104 valence electrons. The van der Waals surface area contributed by atoms with Crippen LogP contribution in [0.3, 0.4) is 0 Å². The van der Waals surface area contributed by atoms with Gasteiger partial charge in [0.2, 0.25) is 12.2 Å². The summed E-state index contributed by atoms with van der Waals surface area (Å²) in [6.07, 6.45) is 0.215. The molecule has 1 aliphatic heterocycles. The first-order chi connectivity index (χ1) is 8.36. The first-order valence-electron chi connectivity index (χ1n) is 6.46. The molecular weight excluding hydrogens is 234 g/mol. The Bertz CT molecular complexity index is 318. The van der Waals surface area contributed by atoms with Crippen LogP contribution in [0.5, 0.6) is 0 Å². The summed E-state index contributed by atoms with van der Waals surface area (Å²) in [6, 6.07) is -0.288. The first kappa shape index (κ1) is 15.0. The van der Waals surface area contributed by atoms with Crippen molar-refractivity contribution in [2.45, 2.75) is 59.5 Å². The molecule has 1 aliphatic rings. The van der Waals surface area contributed by atoms with E-state index < -0.39 is 12.3 Å². The van der Waals surface area contributed by atoms with Gasteiger partial charge in [-0.25, -0.2) is 0 Å². The molecule has 1 N–H and O–H groups in total. The topological polar surface area (TPSA) is 64.6 Å². The van der Waals surface area contributed by atoms with Gasteiger partial charge in [-0.1, -0.05) is 20.8 Å². The Balaban J connectivity index is 2.86. The summed E-state index contributed by atoms with van der Waals surface area (Å²) in [5.74, 6) is -0.0442. The number of rotatable bonds is 3. The van der Waals surface area contributed by atoms with E-state index in [1.54, 1.807) is 0 Å². The summed E-state index contributed by atoms with van der Waals surface area (Å²) < 4.78 is 11.0. The Morgan fingerprint density at radius 2 is 1.83 bits per heavy atom. The smallest absolute Gasteiger partial charge is 0.305 e. The summed E-state index contributed by atoms with van der Waals surface area (Å²) >= 11 is 0. The lowest BCUT2D eigenvalue weighted by atomic mass is 9.81. The fourth-order valence-corrected chi connectivity index (χ4v) is 2.46. The van der Waals surface area contributed by atoms with Crippen molar-refractivity contribution < 1.29 is 19.1 Å². The van der Waals surface area contributed by atoms with Crippen molar-refractivity contribution in [1.82, 2.24) is 5.32 Å². The van der Waals surface area contributed by atoms with Crippen LogP contribution in [0.25, 0.3) is 0 Å². The van der Waals surface area contributed by atoms with Crippen molar-refractivity contribution in [2.24, 2.45) is 11.8 Å². The number of hydrogen-bond acceptors (Lipinski definition) is 4. The van der Waals surface area contributed by atoms with Gasteiger partial charge >= 0.3 is 5.97 Å². The number of nitrogens with one attached hydrogen (secondary N) is 1. The summed E-state index contributed by atoms with van der Waals surface area (Å²) in [6.45, 7) is 8.98. The predicted octanol–water partition coefficient (Wildman–Crippen LogP) is 1.46. The molecule has 0 aliphatic carbocycles. The second-order valence-corrected chi connectivity index (χ2v) is 5.01. The zero-order chi connectivity index (χ0) is 13.9. The second kappa shape index (κ2) is 6.18. The van der Waals surface area contributed by atoms with E-state index in [1.165, 1.54) is 13.8 Å². The Kier molecular flexibility index (Phi) is 5.14. The fraction of sp³-hybridized carbons (Fsp3) is 0.846. The van der Waals surface area contributed by atoms with E-state index in [4.69, 9.17) is 9.47 Å². The minimum absolute atomic E-state index is 0.0503. The number of carbonyl (C=O) groups excluding carboxylic acids is 2. The lowest BCUT2D eigenvalue weighted by Gasteiger charge is -2.44. The molecule has 18 heavy (non-hydrogen) atoms. The van der Waals surface area contributed by atoms with Crippen molar-refractivity contribution in [3.63, 3.8) is 0 Å². The van der Waals surface area contributed by atoms with Crippen LogP contribution in [0.2, 0.25) is 0 Å². The third kappa shape index (κ3) is 3.45. The molecule has 1 heterocycles. The van der Waals surface area contributed by atoms with Crippen molar-refractivity contribution in [3.05, 3.63) is 0 Å². The number of ether oxygens (including phenoxy) is 2. The number of hydrogen-bond donors (Lipinski definition) is 1. The van der Waals surface area contributed by atoms with Crippen LogP contribution >= 0.6 is 0 Å². The van der Waals surface area contributed by atoms with Gasteiger partial charge in [0.15, 0.2) is 0 Å². The zero-order valence-corrected chi connectivity index (χ0v) is 11.7. The fourth-order valence-electron chi connectivity index (χ4n) is 2.46. The van der Waals surface area contributed by atoms with E-state index in [-0.39, 0.29) is 24.0 Å². The third-order valence-corrected chi connectivity index (χ3v) is 3.64. The maximum absolute atomic E-state index is 11.2. The second-order valence-electron chi connectivity index (χ2n) is 5.01. The zero-order valence-electron chi connectivity index (χ0n) is 11.7. The monoisotopic (exact) mass is 257 g/mol. The van der Waals surface area contributed by atoms with Gasteiger partial charge in [0.25, 0.3) is 0 Å². The Morgan fingerprint density at radius 3 is 2.28 bits per heavy atom. The molecule has 5 heteroatoms. The molecule has 0 saturated carbocycles. The molecule has 0 radical (unpaired) electrons. The highest BCUT2D eigenvalue weighted by Gasteiger charge is 2.42. The van der Waals surface area contributed by atoms with Gasteiger partial charge in [-0.2, -0.15) is 0 Å². The normalized spacial score (nSPS) is 35.9. The lowest BCUT2D eigenvalue weighted by Crippen LogP contribution is -2.57. The Labute approximate surface area is 108 Å². The predicted molar refractivity (Wildman–Crippen MR) is 66.7 cm³/mol. The van der Waals surface area contributed by atoms with Crippen LogP contribution in [0, 0.1) is 11.8 Å². The summed E-state index contributed by atoms with van der Waals surface area (Å²) in [5, 5.41) is 2.82. The molecule has 0 bridgehead atoms. The number of amides is 1. The van der Waals surface area contributed by atoms with E-state index >= 15 is 0 Å². The molecular formula is C13H23NO4. The molecule has 0 aromatic heterocycles. The van der Waals surface area contributed by atoms with Gasteiger partial charge in [-0.15, -0.1) is 0 Å². The number of esters is 1. The van der Waals surface area contributed by atoms with Crippen LogP contribution < -0.4 is 5.32 Å². The van der Waals surface area contributed by atoms with E-state index in [0.717, 1.165) is 6.42 Å². The maximum atomic E-state index is 11.2. The Hall–Kier alpha value is -1.10. The molecule has 1 fully saturated rings. The Morgan fingerprint density at radius 1 is 1.22 bits per heavy atom. The molecule has 0 spiro atoms. The summed E-state index contributed by atoms with van der Waals surface area (Å²) in [5.41, 5.74) is 0. The summed E-state index contributed by atoms with van der Waals surface area (Å²) in [4.78, 5) is 22.4. The van der Waals surface area contributed by atoms with Gasteiger partial charge < -0.3 is 14.8 Å². The molecule has 1 saturated heterocycles. The minimum Gasteiger partial charge on any atom is -0.434 e. The lowest BCUT2D eigenvalue weighted by molar-refractivity contribution is -0.231. The van der Waals surface area contributed by atoms with Crippen LogP contribution in [-0.4, -0.2) is 30.3 Å². The minimum atomic E-state index is -0.692. The highest BCUT2D eigenvalue weighted by atomic mass is 16.7. The van der Waals surface area contributed by atoms with Gasteiger partial charge in [-0.3, -0.25) is 9.59 Å². The first-order valence-corrected chi connectivity index (χ1v) is 6.46. The van der Waals surface area contributed by atoms with Crippen LogP contribution in [0.15, 0.2) is 0 Å². The molecule has 5 nitrogen and oxygen atoms in total. The van der Waals surface area contributed by atoms with E-state index in [0.29, 0.717) is 5.92 Å². The number of carbonyl (C=O) groups is 2. The standard InChI is InChI=1S/C13H23NO4/c1-6-11-7(2)8(3)12(14-9(4)15)13(18-11)17-10(5)16/h7-8,11-13H,6H2,1-5H3,(H,14,15)/t7-,8+,11-,12-,13-/m1/s1. The van der Waals surface area contributed by atoms with E-state index in [9.17, 15) is 9.59 Å². The van der Waals surface area contributed by atoms with Crippen LogP contribution in [-0.2, 0) is 19.1 Å². The highest BCUT2D eigenvalue weighted by Crippen LogP contribution is 2.32. The largest absolute Gasteiger partial charge is 0.434 e. The average molecular weight is 257 g/mol. The highest BCUT2D eigenvalue weighted by molar-refractivity contribution is 5.73. The molecule has 0 aromatic rings. The molecule has 1 rings (SSSR count). The quantitative estimate of drug-likeness (QED) is 0.777. The maximum Gasteiger partial charge on any atom is 0.305 e. The van der Waals surface area contributed by atoms with Gasteiger partial charge in [0.1, 0.15) is 0 Å². The van der Waals surface area contributed by atoms with E-state index in [2.05, 4.69) is 12.2 Å². The van der Waals surface area contributed by atoms with Crippen molar-refractivity contribution in [2.75, 3.05) is 0 Å². The SMILES string of the molecule is CC[C@H]1O[C@@H](OC(C)=O)[C@H](NC(C)=O)[C@@H](C)[C@H]1C. The molecule has 0 aromatic carbocycles. The van der Waals surface area contributed by atoms with Crippen molar-refractivity contribution in [3.8, 4) is 0 Å². The average Bonchev–Trinajstić information content (AvgIpc) is 2.27. The van der Waals surface area contributed by atoms with Crippen molar-refractivity contribution >= 4 is 11.9 Å². The molecule has 0 unspecified atom stereocenters. The van der Waals surface area contributed by atoms with Gasteiger partial charge in [0, 0.05) is 13.8 Å². The van der Waals surface area contributed by atoms with Crippen LogP contribution in [0.4, 0.5) is 0 Å². The van der Waals surface area contributed by atoms with E-state index in [1.807, 2.05) is 13.8 Å². The molecule has 5 atom stereocenters. The third-order valence-electron chi connectivity index (χ3n) is 3.64. The summed E-state index contributed by atoms with van der Waals surface area (Å²) in [7, 11) is 0. The van der Waals surface area contributed by atoms with Crippen LogP contribution in [0.1, 0.15) is 41.0 Å². The van der Waals surface area contributed by atoms with Gasteiger partial charge in [-0.05, 0) is 18.3 Å². The van der Waals surface area contributed by atoms with Crippen molar-refractivity contribution in [1.29, 1.82) is 0 Å². The van der Waals surface area contributed by atoms with Gasteiger partial charge in [0.05, 0.1) is 12.1 Å².